The molecule has 0 fully saturated rings. The van der Waals surface area contributed by atoms with Gasteiger partial charge in [-0.05, 0) is 43.3 Å². The number of benzene rings is 2. The van der Waals surface area contributed by atoms with Crippen LogP contribution in [-0.4, -0.2) is 38.7 Å². The average Bonchev–Trinajstić information content (AvgIpc) is 2.95. The summed E-state index contributed by atoms with van der Waals surface area (Å²) in [5.41, 5.74) is 1.41. The molecule has 8 nitrogen and oxygen atoms in total. The summed E-state index contributed by atoms with van der Waals surface area (Å²) in [7, 11) is 0. The molecule has 0 spiro atoms. The fourth-order valence-electron chi connectivity index (χ4n) is 2.93. The summed E-state index contributed by atoms with van der Waals surface area (Å²) < 4.78 is 7.87. The number of ether oxygens (including phenoxy) is 1. The van der Waals surface area contributed by atoms with Crippen molar-refractivity contribution in [2.24, 2.45) is 4.99 Å². The predicted octanol–water partition coefficient (Wildman–Crippen LogP) is 2.49. The van der Waals surface area contributed by atoms with Gasteiger partial charge in [0, 0.05) is 10.6 Å². The Balaban J connectivity index is 2.23. The number of rotatable bonds is 6. The average molecular weight is 416 g/mol. The topological polar surface area (TPSA) is 103 Å². The SMILES string of the molecule is CCOC(=O)Cn1c(=NC(=O)c2ccc(Cl)cc2)n(CC(=O)O)c2ccccc21. The number of amides is 1. The van der Waals surface area contributed by atoms with Gasteiger partial charge in [0.1, 0.15) is 13.1 Å². The second-order valence-corrected chi connectivity index (χ2v) is 6.52. The van der Waals surface area contributed by atoms with Gasteiger partial charge in [0.15, 0.2) is 0 Å². The molecule has 0 unspecified atom stereocenters. The number of fused-ring (bicyclic) bond motifs is 1. The van der Waals surface area contributed by atoms with E-state index < -0.39 is 24.4 Å². The Hall–Kier alpha value is -3.39. The number of hydrogen-bond acceptors (Lipinski definition) is 4. The molecular formula is C20H18ClN3O5. The van der Waals surface area contributed by atoms with Crippen molar-refractivity contribution in [3.8, 4) is 0 Å². The number of carboxylic acids is 1. The first-order chi connectivity index (χ1) is 13.9. The van der Waals surface area contributed by atoms with E-state index in [1.165, 1.54) is 21.3 Å². The lowest BCUT2D eigenvalue weighted by Crippen LogP contribution is -2.32. The van der Waals surface area contributed by atoms with Gasteiger partial charge in [-0.2, -0.15) is 4.99 Å². The minimum Gasteiger partial charge on any atom is -0.480 e. The molecule has 0 saturated heterocycles. The van der Waals surface area contributed by atoms with Crippen LogP contribution in [0, 0.1) is 0 Å². The minimum absolute atomic E-state index is 0.0432. The molecule has 0 radical (unpaired) electrons. The number of aliphatic carboxylic acids is 1. The fourth-order valence-corrected chi connectivity index (χ4v) is 3.06. The third-order valence-corrected chi connectivity index (χ3v) is 4.38. The molecule has 1 amide bonds. The van der Waals surface area contributed by atoms with E-state index in [9.17, 15) is 19.5 Å². The van der Waals surface area contributed by atoms with Crippen molar-refractivity contribution in [2.75, 3.05) is 6.61 Å². The monoisotopic (exact) mass is 415 g/mol. The van der Waals surface area contributed by atoms with Gasteiger partial charge in [0.05, 0.1) is 17.6 Å². The number of esters is 1. The first-order valence-electron chi connectivity index (χ1n) is 8.80. The highest BCUT2D eigenvalue weighted by Crippen LogP contribution is 2.14. The molecule has 1 aromatic heterocycles. The Kier molecular flexibility index (Phi) is 6.13. The molecule has 1 N–H and O–H groups in total. The second kappa shape index (κ2) is 8.74. The Labute approximate surface area is 170 Å². The fraction of sp³-hybridized carbons (Fsp3) is 0.200. The van der Waals surface area contributed by atoms with E-state index in [0.29, 0.717) is 16.1 Å². The maximum absolute atomic E-state index is 12.7. The quantitative estimate of drug-likeness (QED) is 0.623. The standard InChI is InChI=1S/C20H18ClN3O5/c1-2-29-18(27)12-24-16-6-4-3-5-15(16)23(11-17(25)26)20(24)22-19(28)13-7-9-14(21)10-8-13/h3-10H,2,11-12H2,1H3,(H,25,26). The molecule has 9 heteroatoms. The molecule has 0 aliphatic heterocycles. The summed E-state index contributed by atoms with van der Waals surface area (Å²) in [5.74, 6) is -2.22. The zero-order valence-corrected chi connectivity index (χ0v) is 16.3. The lowest BCUT2D eigenvalue weighted by atomic mass is 10.2. The third-order valence-electron chi connectivity index (χ3n) is 4.12. The molecule has 3 rings (SSSR count). The van der Waals surface area contributed by atoms with Crippen molar-refractivity contribution in [1.29, 1.82) is 0 Å². The van der Waals surface area contributed by atoms with E-state index in [0.717, 1.165) is 0 Å². The van der Waals surface area contributed by atoms with E-state index in [4.69, 9.17) is 16.3 Å². The number of hydrogen-bond donors (Lipinski definition) is 1. The number of aromatic nitrogens is 2. The van der Waals surface area contributed by atoms with Crippen molar-refractivity contribution in [3.63, 3.8) is 0 Å². The van der Waals surface area contributed by atoms with E-state index in [1.807, 2.05) is 0 Å². The molecular weight excluding hydrogens is 398 g/mol. The van der Waals surface area contributed by atoms with Crippen molar-refractivity contribution >= 4 is 40.5 Å². The van der Waals surface area contributed by atoms with Gasteiger partial charge in [0.25, 0.3) is 5.91 Å². The lowest BCUT2D eigenvalue weighted by molar-refractivity contribution is -0.143. The Morgan fingerprint density at radius 1 is 1.00 bits per heavy atom. The number of carbonyl (C=O) groups excluding carboxylic acids is 2. The van der Waals surface area contributed by atoms with Crippen LogP contribution < -0.4 is 5.62 Å². The van der Waals surface area contributed by atoms with E-state index >= 15 is 0 Å². The number of halogens is 1. The normalized spacial score (nSPS) is 11.6. The third kappa shape index (κ3) is 4.55. The van der Waals surface area contributed by atoms with Crippen LogP contribution in [0.3, 0.4) is 0 Å². The van der Waals surface area contributed by atoms with Crippen LogP contribution in [0.5, 0.6) is 0 Å². The van der Waals surface area contributed by atoms with Crippen LogP contribution in [-0.2, 0) is 27.4 Å². The van der Waals surface area contributed by atoms with Gasteiger partial charge >= 0.3 is 11.9 Å². The molecule has 1 heterocycles. The molecule has 0 aliphatic rings. The van der Waals surface area contributed by atoms with Gasteiger partial charge in [-0.15, -0.1) is 0 Å². The van der Waals surface area contributed by atoms with E-state index in [2.05, 4.69) is 4.99 Å². The summed E-state index contributed by atoms with van der Waals surface area (Å²) in [5, 5.41) is 9.82. The largest absolute Gasteiger partial charge is 0.480 e. The highest BCUT2D eigenvalue weighted by molar-refractivity contribution is 6.30. The van der Waals surface area contributed by atoms with Crippen LogP contribution in [0.15, 0.2) is 53.5 Å². The van der Waals surface area contributed by atoms with Gasteiger partial charge in [0.2, 0.25) is 5.62 Å². The maximum atomic E-state index is 12.7. The maximum Gasteiger partial charge on any atom is 0.326 e. The zero-order valence-electron chi connectivity index (χ0n) is 15.5. The molecule has 29 heavy (non-hydrogen) atoms. The zero-order chi connectivity index (χ0) is 21.0. The van der Waals surface area contributed by atoms with Crippen molar-refractivity contribution < 1.29 is 24.2 Å². The highest BCUT2D eigenvalue weighted by Gasteiger charge is 2.18. The summed E-state index contributed by atoms with van der Waals surface area (Å²) in [6.45, 7) is 1.24. The van der Waals surface area contributed by atoms with Gasteiger partial charge in [-0.25, -0.2) is 0 Å². The first-order valence-corrected chi connectivity index (χ1v) is 9.18. The molecule has 0 aliphatic carbocycles. The number of carbonyl (C=O) groups is 3. The molecule has 3 aromatic rings. The summed E-state index contributed by atoms with van der Waals surface area (Å²) >= 11 is 5.86. The smallest absolute Gasteiger partial charge is 0.326 e. The van der Waals surface area contributed by atoms with Crippen LogP contribution in [0.2, 0.25) is 5.02 Å². The van der Waals surface area contributed by atoms with Crippen molar-refractivity contribution in [2.45, 2.75) is 20.0 Å². The Bertz CT molecular complexity index is 1150. The van der Waals surface area contributed by atoms with E-state index in [-0.39, 0.29) is 24.3 Å². The summed E-state index contributed by atoms with van der Waals surface area (Å²) in [6.07, 6.45) is 0. The van der Waals surface area contributed by atoms with E-state index in [1.54, 1.807) is 43.3 Å². The summed E-state index contributed by atoms with van der Waals surface area (Å²) in [6, 6.07) is 13.1. The number of carboxylic acid groups (broad SMARTS) is 1. The molecule has 0 atom stereocenters. The van der Waals surface area contributed by atoms with Gasteiger partial charge < -0.3 is 9.84 Å². The lowest BCUT2D eigenvalue weighted by Gasteiger charge is -2.05. The molecule has 150 valence electrons. The molecule has 0 saturated carbocycles. The van der Waals surface area contributed by atoms with Crippen LogP contribution in [0.25, 0.3) is 11.0 Å². The van der Waals surface area contributed by atoms with Crippen molar-refractivity contribution in [1.82, 2.24) is 9.13 Å². The Morgan fingerprint density at radius 2 is 1.59 bits per heavy atom. The van der Waals surface area contributed by atoms with Crippen LogP contribution in [0.4, 0.5) is 0 Å². The number of nitrogens with zero attached hydrogens (tertiary/aromatic N) is 3. The minimum atomic E-state index is -1.11. The number of para-hydroxylation sites is 2. The first kappa shape index (κ1) is 20.3. The summed E-state index contributed by atoms with van der Waals surface area (Å²) in [4.78, 5) is 40.4. The predicted molar refractivity (Wildman–Crippen MR) is 106 cm³/mol. The molecule has 0 bridgehead atoms. The second-order valence-electron chi connectivity index (χ2n) is 6.08. The Morgan fingerprint density at radius 3 is 2.14 bits per heavy atom. The number of imidazole rings is 1. The van der Waals surface area contributed by atoms with Gasteiger partial charge in [-0.1, -0.05) is 23.7 Å². The van der Waals surface area contributed by atoms with Crippen LogP contribution >= 0.6 is 11.6 Å². The van der Waals surface area contributed by atoms with Crippen molar-refractivity contribution in [3.05, 3.63) is 64.7 Å². The highest BCUT2D eigenvalue weighted by atomic mass is 35.5. The van der Waals surface area contributed by atoms with Crippen LogP contribution in [0.1, 0.15) is 17.3 Å². The molecule has 2 aromatic carbocycles. The van der Waals surface area contributed by atoms with Gasteiger partial charge in [-0.3, -0.25) is 23.5 Å².